The van der Waals surface area contributed by atoms with Gasteiger partial charge in [-0.1, -0.05) is 30.3 Å². The number of aryl methyl sites for hydroxylation is 1. The van der Waals surface area contributed by atoms with Crippen molar-refractivity contribution in [1.82, 2.24) is 4.57 Å². The van der Waals surface area contributed by atoms with Gasteiger partial charge in [0.1, 0.15) is 5.75 Å². The van der Waals surface area contributed by atoms with Crippen LogP contribution in [-0.2, 0) is 13.0 Å². The maximum absolute atomic E-state index is 10.7. The van der Waals surface area contributed by atoms with Crippen molar-refractivity contribution in [3.8, 4) is 11.6 Å². The third kappa shape index (κ3) is 3.59. The highest BCUT2D eigenvalue weighted by atomic mass is 32.1. The van der Waals surface area contributed by atoms with E-state index in [9.17, 15) is 5.11 Å². The van der Waals surface area contributed by atoms with Gasteiger partial charge in [0.2, 0.25) is 5.88 Å². The number of fused-ring (bicyclic) bond motifs is 1. The van der Waals surface area contributed by atoms with Gasteiger partial charge in [0.25, 0.3) is 0 Å². The van der Waals surface area contributed by atoms with Gasteiger partial charge >= 0.3 is 0 Å². The second-order valence-electron chi connectivity index (χ2n) is 6.18. The summed E-state index contributed by atoms with van der Waals surface area (Å²) in [5, 5.41) is 10.7. The Morgan fingerprint density at radius 3 is 2.81 bits per heavy atom. The van der Waals surface area contributed by atoms with E-state index in [4.69, 9.17) is 17.0 Å². The molecule has 0 spiro atoms. The number of aliphatic imine (C=N–C) groups is 1. The Kier molecular flexibility index (Phi) is 4.92. The Bertz CT molecular complexity index is 1100. The molecule has 0 atom stereocenters. The number of allylic oxidation sites excluding steroid dienone is 1. The molecule has 1 N–H and O–H groups in total. The predicted octanol–water partition coefficient (Wildman–Crippen LogP) is 5.49. The lowest BCUT2D eigenvalue weighted by molar-refractivity contribution is 0.414. The summed E-state index contributed by atoms with van der Waals surface area (Å²) in [5.74, 6) is 0.987. The SMILES string of the molecule is COc1ccc2c(c1)/C(=C/c1sc(=S)n(CCc3ccccc3)c1O)C=N2. The molecule has 2 aromatic carbocycles. The van der Waals surface area contributed by atoms with Crippen LogP contribution in [0.25, 0.3) is 11.6 Å². The zero-order chi connectivity index (χ0) is 18.8. The number of rotatable bonds is 5. The maximum atomic E-state index is 10.7. The van der Waals surface area contributed by atoms with E-state index in [0.717, 1.165) is 33.9 Å². The molecule has 0 aliphatic carbocycles. The minimum absolute atomic E-state index is 0.207. The molecule has 1 aliphatic heterocycles. The van der Waals surface area contributed by atoms with E-state index in [1.54, 1.807) is 17.9 Å². The molecule has 27 heavy (non-hydrogen) atoms. The van der Waals surface area contributed by atoms with Crippen molar-refractivity contribution in [2.45, 2.75) is 13.0 Å². The van der Waals surface area contributed by atoms with Crippen molar-refractivity contribution < 1.29 is 9.84 Å². The quantitative estimate of drug-likeness (QED) is 0.582. The number of hydrogen-bond donors (Lipinski definition) is 1. The van der Waals surface area contributed by atoms with Crippen LogP contribution in [0.3, 0.4) is 0 Å². The normalized spacial score (nSPS) is 13.9. The number of methoxy groups -OCH3 is 1. The summed E-state index contributed by atoms with van der Waals surface area (Å²) in [6, 6.07) is 16.0. The number of benzene rings is 2. The fraction of sp³-hybridized carbons (Fsp3) is 0.143. The molecule has 136 valence electrons. The summed E-state index contributed by atoms with van der Waals surface area (Å²) in [4.78, 5) is 5.17. The Labute approximate surface area is 166 Å². The average molecular weight is 395 g/mol. The van der Waals surface area contributed by atoms with Crippen molar-refractivity contribution in [3.05, 3.63) is 68.5 Å². The molecule has 0 unspecified atom stereocenters. The topological polar surface area (TPSA) is 46.8 Å². The molecule has 2 heterocycles. The fourth-order valence-electron chi connectivity index (χ4n) is 3.04. The highest BCUT2D eigenvalue weighted by Crippen LogP contribution is 2.37. The van der Waals surface area contributed by atoms with Crippen LogP contribution in [0, 0.1) is 3.95 Å². The Morgan fingerprint density at radius 2 is 2.04 bits per heavy atom. The lowest BCUT2D eigenvalue weighted by Gasteiger charge is -2.05. The first kappa shape index (κ1) is 17.7. The van der Waals surface area contributed by atoms with Crippen LogP contribution in [0.5, 0.6) is 11.6 Å². The number of aromatic nitrogens is 1. The standard InChI is InChI=1S/C21H18N2O2S2/c1-25-16-7-8-18-17(12-16)15(13-22-18)11-19-20(24)23(21(26)27-19)10-9-14-5-3-2-4-6-14/h2-8,11-13,24H,9-10H2,1H3/b15-11+. The smallest absolute Gasteiger partial charge is 0.210 e. The summed E-state index contributed by atoms with van der Waals surface area (Å²) in [7, 11) is 1.64. The lowest BCUT2D eigenvalue weighted by Crippen LogP contribution is -2.00. The summed E-state index contributed by atoms with van der Waals surface area (Å²) in [6.07, 6.45) is 4.56. The number of nitrogens with zero attached hydrogens (tertiary/aromatic N) is 2. The molecule has 0 saturated heterocycles. The van der Waals surface area contributed by atoms with Crippen molar-refractivity contribution in [1.29, 1.82) is 0 Å². The van der Waals surface area contributed by atoms with Crippen LogP contribution in [0.1, 0.15) is 16.0 Å². The summed E-state index contributed by atoms with van der Waals surface area (Å²) in [5.41, 5.74) is 4.04. The largest absolute Gasteiger partial charge is 0.497 e. The molecule has 0 saturated carbocycles. The third-order valence-electron chi connectivity index (χ3n) is 4.50. The van der Waals surface area contributed by atoms with Crippen LogP contribution in [0.15, 0.2) is 53.5 Å². The van der Waals surface area contributed by atoms with Gasteiger partial charge in [0.15, 0.2) is 3.95 Å². The van der Waals surface area contributed by atoms with Crippen LogP contribution in [-0.4, -0.2) is 23.0 Å². The van der Waals surface area contributed by atoms with Crippen molar-refractivity contribution in [2.24, 2.45) is 4.99 Å². The first-order chi connectivity index (χ1) is 13.2. The minimum atomic E-state index is 0.207. The number of thiazole rings is 1. The van der Waals surface area contributed by atoms with Gasteiger partial charge < -0.3 is 9.84 Å². The van der Waals surface area contributed by atoms with Crippen molar-refractivity contribution in [3.63, 3.8) is 0 Å². The molecule has 0 radical (unpaired) electrons. The van der Waals surface area contributed by atoms with E-state index >= 15 is 0 Å². The second-order valence-corrected chi connectivity index (χ2v) is 7.86. The van der Waals surface area contributed by atoms with Gasteiger partial charge in [0, 0.05) is 23.9 Å². The van der Waals surface area contributed by atoms with E-state index in [-0.39, 0.29) is 5.88 Å². The molecule has 1 aliphatic rings. The Morgan fingerprint density at radius 1 is 1.22 bits per heavy atom. The highest BCUT2D eigenvalue weighted by Gasteiger charge is 2.16. The maximum Gasteiger partial charge on any atom is 0.210 e. The van der Waals surface area contributed by atoms with Gasteiger partial charge in [0.05, 0.1) is 17.7 Å². The van der Waals surface area contributed by atoms with Crippen LogP contribution in [0.4, 0.5) is 5.69 Å². The molecule has 0 fully saturated rings. The number of aromatic hydroxyl groups is 1. The van der Waals surface area contributed by atoms with E-state index in [1.807, 2.05) is 42.5 Å². The monoisotopic (exact) mass is 394 g/mol. The van der Waals surface area contributed by atoms with E-state index in [0.29, 0.717) is 10.5 Å². The predicted molar refractivity (Wildman–Crippen MR) is 114 cm³/mol. The molecule has 0 bridgehead atoms. The van der Waals surface area contributed by atoms with Gasteiger partial charge in [-0.25, -0.2) is 0 Å². The Hall–Kier alpha value is -2.70. The van der Waals surface area contributed by atoms with Gasteiger partial charge in [-0.15, -0.1) is 11.3 Å². The molecular weight excluding hydrogens is 376 g/mol. The highest BCUT2D eigenvalue weighted by molar-refractivity contribution is 7.73. The van der Waals surface area contributed by atoms with E-state index in [2.05, 4.69) is 17.1 Å². The summed E-state index contributed by atoms with van der Waals surface area (Å²) in [6.45, 7) is 0.646. The fourth-order valence-corrected chi connectivity index (χ4v) is 4.35. The molecule has 6 heteroatoms. The zero-order valence-corrected chi connectivity index (χ0v) is 16.4. The molecule has 4 nitrogen and oxygen atoms in total. The molecule has 4 rings (SSSR count). The van der Waals surface area contributed by atoms with Crippen molar-refractivity contribution >= 4 is 47.1 Å². The molecule has 1 aromatic heterocycles. The first-order valence-electron chi connectivity index (χ1n) is 8.56. The van der Waals surface area contributed by atoms with E-state index < -0.39 is 0 Å². The summed E-state index contributed by atoms with van der Waals surface area (Å²) >= 11 is 6.88. The van der Waals surface area contributed by atoms with Crippen molar-refractivity contribution in [2.75, 3.05) is 7.11 Å². The van der Waals surface area contributed by atoms with Crippen LogP contribution < -0.4 is 4.74 Å². The molecular formula is C21H18N2O2S2. The molecule has 0 amide bonds. The van der Waals surface area contributed by atoms with Gasteiger partial charge in [-0.05, 0) is 48.5 Å². The van der Waals surface area contributed by atoms with Crippen LogP contribution in [0.2, 0.25) is 0 Å². The van der Waals surface area contributed by atoms with Gasteiger partial charge in [-0.2, -0.15) is 0 Å². The summed E-state index contributed by atoms with van der Waals surface area (Å²) < 4.78 is 7.76. The Balaban J connectivity index is 1.62. The second kappa shape index (κ2) is 7.50. The minimum Gasteiger partial charge on any atom is -0.497 e. The third-order valence-corrected chi connectivity index (χ3v) is 5.89. The number of hydrogen-bond acceptors (Lipinski definition) is 5. The van der Waals surface area contributed by atoms with Crippen LogP contribution >= 0.6 is 23.6 Å². The lowest BCUT2D eigenvalue weighted by atomic mass is 10.1. The molecule has 3 aromatic rings. The average Bonchev–Trinajstić information content (AvgIpc) is 3.21. The zero-order valence-electron chi connectivity index (χ0n) is 14.8. The van der Waals surface area contributed by atoms with E-state index in [1.165, 1.54) is 16.9 Å². The first-order valence-corrected chi connectivity index (χ1v) is 9.79. The van der Waals surface area contributed by atoms with Gasteiger partial charge in [-0.3, -0.25) is 9.56 Å². The number of ether oxygens (including phenoxy) is 1.